The van der Waals surface area contributed by atoms with Gasteiger partial charge in [-0.2, -0.15) is 0 Å². The second-order valence-electron chi connectivity index (χ2n) is 5.61. The fraction of sp³-hybridized carbons (Fsp3) is 0.375. The Morgan fingerprint density at radius 1 is 1.17 bits per heavy atom. The summed E-state index contributed by atoms with van der Waals surface area (Å²) in [6, 6.07) is 9.63. The summed E-state index contributed by atoms with van der Waals surface area (Å²) in [5, 5.41) is 19.8. The number of fused-ring (bicyclic) bond motifs is 1. The standard InChI is InChI=1S/C16H19N5O3/c22-14(23)7-4-8-17-16(24)20-9-10-21-13(11-20)18-19-15(21)12-5-2-1-3-6-12/h1-3,5-6H,4,7-11H2,(H,17,24)(H,22,23). The van der Waals surface area contributed by atoms with Gasteiger partial charge in [0.15, 0.2) is 11.6 Å². The van der Waals surface area contributed by atoms with Crippen LogP contribution >= 0.6 is 0 Å². The van der Waals surface area contributed by atoms with Gasteiger partial charge < -0.3 is 19.9 Å². The van der Waals surface area contributed by atoms with Gasteiger partial charge in [-0.05, 0) is 6.42 Å². The SMILES string of the molecule is O=C(O)CCCNC(=O)N1CCn2c(nnc2-c2ccccc2)C1. The van der Waals surface area contributed by atoms with Gasteiger partial charge in [0, 0.05) is 31.6 Å². The highest BCUT2D eigenvalue weighted by Gasteiger charge is 2.24. The van der Waals surface area contributed by atoms with Crippen molar-refractivity contribution < 1.29 is 14.7 Å². The van der Waals surface area contributed by atoms with Crippen LogP contribution in [0, 0.1) is 0 Å². The normalized spacial score (nSPS) is 13.4. The van der Waals surface area contributed by atoms with E-state index in [2.05, 4.69) is 15.5 Å². The van der Waals surface area contributed by atoms with Crippen LogP contribution in [0.25, 0.3) is 11.4 Å². The maximum Gasteiger partial charge on any atom is 0.317 e. The predicted molar refractivity (Wildman–Crippen MR) is 86.1 cm³/mol. The molecule has 1 aromatic heterocycles. The molecule has 24 heavy (non-hydrogen) atoms. The Morgan fingerprint density at radius 2 is 1.96 bits per heavy atom. The van der Waals surface area contributed by atoms with Crippen LogP contribution in [-0.4, -0.2) is 49.9 Å². The molecule has 8 heteroatoms. The molecule has 1 aliphatic heterocycles. The van der Waals surface area contributed by atoms with E-state index in [0.717, 1.165) is 17.2 Å². The quantitative estimate of drug-likeness (QED) is 0.806. The van der Waals surface area contributed by atoms with Gasteiger partial charge in [-0.1, -0.05) is 30.3 Å². The summed E-state index contributed by atoms with van der Waals surface area (Å²) in [5.41, 5.74) is 1.00. The molecule has 0 radical (unpaired) electrons. The molecule has 0 unspecified atom stereocenters. The highest BCUT2D eigenvalue weighted by atomic mass is 16.4. The van der Waals surface area contributed by atoms with E-state index in [1.165, 1.54) is 0 Å². The summed E-state index contributed by atoms with van der Waals surface area (Å²) < 4.78 is 2.03. The number of benzene rings is 1. The molecule has 2 aromatic rings. The number of aliphatic carboxylic acids is 1. The highest BCUT2D eigenvalue weighted by molar-refractivity contribution is 5.74. The Hall–Kier alpha value is -2.90. The number of nitrogens with one attached hydrogen (secondary N) is 1. The zero-order valence-corrected chi connectivity index (χ0v) is 13.2. The van der Waals surface area contributed by atoms with Crippen molar-refractivity contribution in [3.63, 3.8) is 0 Å². The summed E-state index contributed by atoms with van der Waals surface area (Å²) in [5.74, 6) is 0.705. The maximum absolute atomic E-state index is 12.1. The minimum atomic E-state index is -0.858. The summed E-state index contributed by atoms with van der Waals surface area (Å²) in [7, 11) is 0. The number of carbonyl (C=O) groups is 2. The van der Waals surface area contributed by atoms with Gasteiger partial charge in [0.25, 0.3) is 0 Å². The molecular formula is C16H19N5O3. The first-order valence-electron chi connectivity index (χ1n) is 7.87. The van der Waals surface area contributed by atoms with E-state index in [-0.39, 0.29) is 12.5 Å². The molecule has 2 N–H and O–H groups in total. The van der Waals surface area contributed by atoms with Crippen molar-refractivity contribution in [3.8, 4) is 11.4 Å². The van der Waals surface area contributed by atoms with Crippen molar-refractivity contribution >= 4 is 12.0 Å². The summed E-state index contributed by atoms with van der Waals surface area (Å²) in [4.78, 5) is 24.3. The van der Waals surface area contributed by atoms with Gasteiger partial charge in [-0.15, -0.1) is 10.2 Å². The maximum atomic E-state index is 12.1. The van der Waals surface area contributed by atoms with Crippen LogP contribution in [0.1, 0.15) is 18.7 Å². The van der Waals surface area contributed by atoms with Crippen LogP contribution < -0.4 is 5.32 Å². The van der Waals surface area contributed by atoms with Gasteiger partial charge >= 0.3 is 12.0 Å². The van der Waals surface area contributed by atoms with E-state index in [1.54, 1.807) is 4.90 Å². The molecule has 2 heterocycles. The first-order chi connectivity index (χ1) is 11.6. The molecule has 0 bridgehead atoms. The highest BCUT2D eigenvalue weighted by Crippen LogP contribution is 2.21. The van der Waals surface area contributed by atoms with Crippen molar-refractivity contribution in [2.75, 3.05) is 13.1 Å². The van der Waals surface area contributed by atoms with Gasteiger partial charge in [0.2, 0.25) is 0 Å². The lowest BCUT2D eigenvalue weighted by Gasteiger charge is -2.28. The average molecular weight is 329 g/mol. The van der Waals surface area contributed by atoms with Gasteiger partial charge in [-0.25, -0.2) is 4.79 Å². The Bertz CT molecular complexity index is 729. The van der Waals surface area contributed by atoms with Crippen molar-refractivity contribution in [1.82, 2.24) is 25.0 Å². The average Bonchev–Trinajstić information content (AvgIpc) is 3.02. The third-order valence-corrected chi connectivity index (χ3v) is 3.92. The molecule has 3 rings (SSSR count). The Balaban J connectivity index is 1.60. The first kappa shape index (κ1) is 16.0. The van der Waals surface area contributed by atoms with Crippen LogP contribution in [0.3, 0.4) is 0 Å². The van der Waals surface area contributed by atoms with E-state index in [9.17, 15) is 9.59 Å². The fourth-order valence-electron chi connectivity index (χ4n) is 2.68. The van der Waals surface area contributed by atoms with Crippen LogP contribution in [0.15, 0.2) is 30.3 Å². The van der Waals surface area contributed by atoms with Crippen molar-refractivity contribution in [1.29, 1.82) is 0 Å². The number of hydrogen-bond donors (Lipinski definition) is 2. The summed E-state index contributed by atoms with van der Waals surface area (Å²) in [6.45, 7) is 1.94. The third-order valence-electron chi connectivity index (χ3n) is 3.92. The van der Waals surface area contributed by atoms with Crippen molar-refractivity contribution in [2.24, 2.45) is 0 Å². The molecule has 0 aliphatic carbocycles. The number of hydrogen-bond acceptors (Lipinski definition) is 4. The first-order valence-corrected chi connectivity index (χ1v) is 7.87. The molecular weight excluding hydrogens is 310 g/mol. The monoisotopic (exact) mass is 329 g/mol. The number of carboxylic acids is 1. The predicted octanol–water partition coefficient (Wildman–Crippen LogP) is 1.34. The summed E-state index contributed by atoms with van der Waals surface area (Å²) in [6.07, 6.45) is 0.471. The third kappa shape index (κ3) is 3.53. The van der Waals surface area contributed by atoms with E-state index in [1.807, 2.05) is 34.9 Å². The van der Waals surface area contributed by atoms with Crippen molar-refractivity contribution in [2.45, 2.75) is 25.9 Å². The zero-order chi connectivity index (χ0) is 16.9. The van der Waals surface area contributed by atoms with Crippen LogP contribution in [0.2, 0.25) is 0 Å². The topological polar surface area (TPSA) is 100 Å². The lowest BCUT2D eigenvalue weighted by Crippen LogP contribution is -2.44. The Morgan fingerprint density at radius 3 is 2.71 bits per heavy atom. The molecule has 126 valence electrons. The van der Waals surface area contributed by atoms with Gasteiger partial charge in [0.05, 0.1) is 6.54 Å². The van der Waals surface area contributed by atoms with Gasteiger partial charge in [0.1, 0.15) is 0 Å². The van der Waals surface area contributed by atoms with E-state index in [0.29, 0.717) is 32.6 Å². The van der Waals surface area contributed by atoms with Crippen LogP contribution in [-0.2, 0) is 17.9 Å². The lowest BCUT2D eigenvalue weighted by atomic mass is 10.2. The lowest BCUT2D eigenvalue weighted by molar-refractivity contribution is -0.137. The molecule has 2 amide bonds. The number of urea groups is 1. The van der Waals surface area contributed by atoms with Gasteiger partial charge in [-0.3, -0.25) is 4.79 Å². The molecule has 0 spiro atoms. The zero-order valence-electron chi connectivity index (χ0n) is 13.2. The molecule has 0 atom stereocenters. The number of aromatic nitrogens is 3. The minimum Gasteiger partial charge on any atom is -0.481 e. The number of nitrogens with zero attached hydrogens (tertiary/aromatic N) is 4. The van der Waals surface area contributed by atoms with Crippen molar-refractivity contribution in [3.05, 3.63) is 36.2 Å². The fourth-order valence-corrected chi connectivity index (χ4v) is 2.68. The second-order valence-corrected chi connectivity index (χ2v) is 5.61. The number of rotatable bonds is 5. The largest absolute Gasteiger partial charge is 0.481 e. The second kappa shape index (κ2) is 7.12. The molecule has 0 saturated heterocycles. The molecule has 0 saturated carbocycles. The molecule has 1 aromatic carbocycles. The molecule has 8 nitrogen and oxygen atoms in total. The number of carbonyl (C=O) groups excluding carboxylic acids is 1. The van der Waals surface area contributed by atoms with Crippen LogP contribution in [0.4, 0.5) is 4.79 Å². The molecule has 0 fully saturated rings. The Labute approximate surface area is 139 Å². The smallest absolute Gasteiger partial charge is 0.317 e. The van der Waals surface area contributed by atoms with E-state index >= 15 is 0 Å². The Kier molecular flexibility index (Phi) is 4.74. The van der Waals surface area contributed by atoms with E-state index in [4.69, 9.17) is 5.11 Å². The minimum absolute atomic E-state index is 0.0506. The number of amides is 2. The summed E-state index contributed by atoms with van der Waals surface area (Å²) >= 11 is 0. The number of carboxylic acid groups (broad SMARTS) is 1. The molecule has 1 aliphatic rings. The van der Waals surface area contributed by atoms with Crippen LogP contribution in [0.5, 0.6) is 0 Å². The van der Waals surface area contributed by atoms with E-state index < -0.39 is 5.97 Å².